The molecule has 7 nitrogen and oxygen atoms in total. The largest absolute Gasteiger partial charge is 0.478 e. The second-order valence-electron chi connectivity index (χ2n) is 6.98. The predicted molar refractivity (Wildman–Crippen MR) is 95.5 cm³/mol. The molecule has 1 rings (SSSR count). The van der Waals surface area contributed by atoms with E-state index in [4.69, 9.17) is 14.9 Å². The highest BCUT2D eigenvalue weighted by molar-refractivity contribution is 5.89. The van der Waals surface area contributed by atoms with Crippen LogP contribution in [0.1, 0.15) is 40.0 Å². The number of rotatable bonds is 8. The maximum Gasteiger partial charge on any atom is 0.328 e. The Morgan fingerprint density at radius 1 is 1.24 bits per heavy atom. The fraction of sp³-hybridized carbons (Fsp3) is 0.667. The minimum Gasteiger partial charge on any atom is -0.478 e. The fourth-order valence-corrected chi connectivity index (χ4v) is 2.00. The zero-order valence-electron chi connectivity index (χ0n) is 15.3. The van der Waals surface area contributed by atoms with Crippen molar-refractivity contribution >= 4 is 11.9 Å². The molecule has 0 heterocycles. The summed E-state index contributed by atoms with van der Waals surface area (Å²) >= 11 is 0. The normalized spacial score (nSPS) is 18.5. The molecule has 0 aliphatic heterocycles. The van der Waals surface area contributed by atoms with Crippen molar-refractivity contribution in [1.29, 1.82) is 0 Å². The van der Waals surface area contributed by atoms with E-state index in [2.05, 4.69) is 38.2 Å². The van der Waals surface area contributed by atoms with E-state index in [0.717, 1.165) is 13.0 Å². The molecule has 1 aliphatic rings. The number of carbonyl (C=O) groups is 2. The van der Waals surface area contributed by atoms with Crippen molar-refractivity contribution in [3.8, 4) is 0 Å². The van der Waals surface area contributed by atoms with E-state index >= 15 is 0 Å². The van der Waals surface area contributed by atoms with Gasteiger partial charge in [0, 0.05) is 30.8 Å². The van der Waals surface area contributed by atoms with Gasteiger partial charge in [0.2, 0.25) is 0 Å². The topological polar surface area (TPSA) is 116 Å². The van der Waals surface area contributed by atoms with Crippen LogP contribution < -0.4 is 5.32 Å². The molecule has 0 bridgehead atoms. The SMILES string of the molecule is CC(C)(C)NCC(O)COCC1CC=CCC1.O=C(O)/C=C\C(=O)O. The lowest BCUT2D eigenvalue weighted by Crippen LogP contribution is -2.42. The zero-order chi connectivity index (χ0) is 19.3. The van der Waals surface area contributed by atoms with E-state index in [1.807, 2.05) is 0 Å². The van der Waals surface area contributed by atoms with Crippen molar-refractivity contribution in [2.75, 3.05) is 19.8 Å². The molecule has 0 radical (unpaired) electrons. The number of hydrogen-bond acceptors (Lipinski definition) is 5. The molecule has 7 heteroatoms. The first-order chi connectivity index (χ1) is 11.6. The van der Waals surface area contributed by atoms with Crippen LogP contribution in [0.15, 0.2) is 24.3 Å². The molecule has 2 unspecified atom stereocenters. The number of hydrogen-bond donors (Lipinski definition) is 4. The Hall–Kier alpha value is -1.70. The number of carboxylic acid groups (broad SMARTS) is 2. The molecule has 0 saturated carbocycles. The van der Waals surface area contributed by atoms with E-state index in [9.17, 15) is 14.7 Å². The van der Waals surface area contributed by atoms with E-state index in [0.29, 0.717) is 31.2 Å². The van der Waals surface area contributed by atoms with Crippen molar-refractivity contribution < 1.29 is 29.6 Å². The first-order valence-electron chi connectivity index (χ1n) is 8.40. The van der Waals surface area contributed by atoms with E-state index in [1.54, 1.807) is 0 Å². The zero-order valence-corrected chi connectivity index (χ0v) is 15.3. The molecular formula is C18H31NO6. The van der Waals surface area contributed by atoms with Crippen LogP contribution in [0.5, 0.6) is 0 Å². The molecular weight excluding hydrogens is 326 g/mol. The third-order valence-electron chi connectivity index (χ3n) is 3.28. The van der Waals surface area contributed by atoms with Gasteiger partial charge in [-0.3, -0.25) is 0 Å². The van der Waals surface area contributed by atoms with Crippen LogP contribution in [0.4, 0.5) is 0 Å². The highest BCUT2D eigenvalue weighted by Crippen LogP contribution is 2.18. The van der Waals surface area contributed by atoms with Gasteiger partial charge in [-0.05, 0) is 46.0 Å². The molecule has 0 amide bonds. The maximum absolute atomic E-state index is 9.74. The predicted octanol–water partition coefficient (Wildman–Crippen LogP) is 1.82. The van der Waals surface area contributed by atoms with Crippen LogP contribution in [0.2, 0.25) is 0 Å². The number of aliphatic hydroxyl groups excluding tert-OH is 1. The Labute approximate surface area is 149 Å². The Bertz CT molecular complexity index is 437. The summed E-state index contributed by atoms with van der Waals surface area (Å²) in [4.78, 5) is 19.1. The Morgan fingerprint density at radius 2 is 1.84 bits per heavy atom. The summed E-state index contributed by atoms with van der Waals surface area (Å²) in [5, 5.41) is 28.6. The van der Waals surface area contributed by atoms with Crippen molar-refractivity contribution in [3.63, 3.8) is 0 Å². The molecule has 4 N–H and O–H groups in total. The van der Waals surface area contributed by atoms with Crippen LogP contribution in [0.3, 0.4) is 0 Å². The number of β-amino-alcohol motifs (C(OH)–C–C–N with tert-alkyl or cyclic N) is 1. The molecule has 0 saturated heterocycles. The number of ether oxygens (including phenoxy) is 1. The number of allylic oxidation sites excluding steroid dienone is 2. The van der Waals surface area contributed by atoms with Gasteiger partial charge in [0.25, 0.3) is 0 Å². The lowest BCUT2D eigenvalue weighted by Gasteiger charge is -2.23. The lowest BCUT2D eigenvalue weighted by molar-refractivity contribution is -0.134. The van der Waals surface area contributed by atoms with Crippen LogP contribution in [-0.2, 0) is 14.3 Å². The Kier molecular flexibility index (Phi) is 11.8. The first kappa shape index (κ1) is 23.3. The van der Waals surface area contributed by atoms with E-state index in [1.165, 1.54) is 12.8 Å². The highest BCUT2D eigenvalue weighted by atomic mass is 16.5. The summed E-state index contributed by atoms with van der Waals surface area (Å²) in [6, 6.07) is 0. The molecule has 2 atom stereocenters. The average Bonchev–Trinajstić information content (AvgIpc) is 2.52. The molecule has 0 spiro atoms. The minimum absolute atomic E-state index is 0.0507. The second-order valence-corrected chi connectivity index (χ2v) is 6.98. The molecule has 25 heavy (non-hydrogen) atoms. The standard InChI is InChI=1S/C14H27NO2.C4H4O4/c1-14(2,3)15-9-13(16)11-17-10-12-7-5-4-6-8-12;5-3(6)1-2-4(7)8/h4-5,12-13,15-16H,6-11H2,1-3H3;1-2H,(H,5,6)(H,7,8)/b;2-1-. The monoisotopic (exact) mass is 357 g/mol. The quantitative estimate of drug-likeness (QED) is 0.387. The van der Waals surface area contributed by atoms with Gasteiger partial charge in [0.1, 0.15) is 0 Å². The molecule has 1 aliphatic carbocycles. The maximum atomic E-state index is 9.74. The van der Waals surface area contributed by atoms with Gasteiger partial charge in [-0.15, -0.1) is 0 Å². The highest BCUT2D eigenvalue weighted by Gasteiger charge is 2.14. The summed E-state index contributed by atoms with van der Waals surface area (Å²) in [5.74, 6) is -1.87. The van der Waals surface area contributed by atoms with Crippen LogP contribution in [0, 0.1) is 5.92 Å². The Balaban J connectivity index is 0.000000609. The Morgan fingerprint density at radius 3 is 2.28 bits per heavy atom. The average molecular weight is 357 g/mol. The van der Waals surface area contributed by atoms with Gasteiger partial charge in [-0.2, -0.15) is 0 Å². The van der Waals surface area contributed by atoms with Crippen LogP contribution in [0.25, 0.3) is 0 Å². The molecule has 0 aromatic carbocycles. The van der Waals surface area contributed by atoms with Crippen molar-refractivity contribution in [2.24, 2.45) is 5.92 Å². The van der Waals surface area contributed by atoms with Gasteiger partial charge < -0.3 is 25.4 Å². The van der Waals surface area contributed by atoms with E-state index < -0.39 is 18.0 Å². The summed E-state index contributed by atoms with van der Waals surface area (Å²) in [6.45, 7) is 8.08. The lowest BCUT2D eigenvalue weighted by atomic mass is 9.95. The van der Waals surface area contributed by atoms with Gasteiger partial charge in [0.05, 0.1) is 12.7 Å². The van der Waals surface area contributed by atoms with Crippen molar-refractivity contribution in [3.05, 3.63) is 24.3 Å². The molecule has 144 valence electrons. The van der Waals surface area contributed by atoms with Crippen LogP contribution >= 0.6 is 0 Å². The van der Waals surface area contributed by atoms with Crippen molar-refractivity contribution in [2.45, 2.75) is 51.7 Å². The number of aliphatic hydroxyl groups is 1. The van der Waals surface area contributed by atoms with Gasteiger partial charge in [-0.1, -0.05) is 12.2 Å². The first-order valence-corrected chi connectivity index (χ1v) is 8.40. The number of carboxylic acids is 2. The fourth-order valence-electron chi connectivity index (χ4n) is 2.00. The number of aliphatic carboxylic acids is 2. The number of nitrogens with one attached hydrogen (secondary N) is 1. The van der Waals surface area contributed by atoms with E-state index in [-0.39, 0.29) is 5.54 Å². The van der Waals surface area contributed by atoms with Gasteiger partial charge >= 0.3 is 11.9 Å². The summed E-state index contributed by atoms with van der Waals surface area (Å²) in [7, 11) is 0. The summed E-state index contributed by atoms with van der Waals surface area (Å²) in [5.41, 5.74) is 0.0507. The summed E-state index contributed by atoms with van der Waals surface area (Å²) < 4.78 is 5.58. The third kappa shape index (κ3) is 16.9. The van der Waals surface area contributed by atoms with Crippen molar-refractivity contribution in [1.82, 2.24) is 5.32 Å². The minimum atomic E-state index is -1.26. The second kappa shape index (κ2) is 12.6. The van der Waals surface area contributed by atoms with Crippen LogP contribution in [-0.4, -0.2) is 58.7 Å². The molecule has 0 aromatic heterocycles. The smallest absolute Gasteiger partial charge is 0.328 e. The summed E-state index contributed by atoms with van der Waals surface area (Å²) in [6.07, 6.45) is 8.68. The molecule has 0 fully saturated rings. The van der Waals surface area contributed by atoms with Gasteiger partial charge in [-0.25, -0.2) is 9.59 Å². The third-order valence-corrected chi connectivity index (χ3v) is 3.28. The molecule has 0 aromatic rings. The van der Waals surface area contributed by atoms with Gasteiger partial charge in [0.15, 0.2) is 0 Å².